The number of aryl methyl sites for hydroxylation is 1. The summed E-state index contributed by atoms with van der Waals surface area (Å²) in [5.41, 5.74) is 0. The first kappa shape index (κ1) is 15.6. The van der Waals surface area contributed by atoms with E-state index in [1.54, 1.807) is 6.26 Å². The van der Waals surface area contributed by atoms with Gasteiger partial charge in [-0.2, -0.15) is 0 Å². The maximum absolute atomic E-state index is 5.39. The molecule has 0 radical (unpaired) electrons. The smallest absolute Gasteiger partial charge is 0.114 e. The van der Waals surface area contributed by atoms with Gasteiger partial charge in [-0.05, 0) is 38.8 Å². The lowest BCUT2D eigenvalue weighted by Crippen LogP contribution is -2.38. The summed E-state index contributed by atoms with van der Waals surface area (Å²) in [5, 5.41) is 4.33. The van der Waals surface area contributed by atoms with Crippen LogP contribution in [0.15, 0.2) is 21.6 Å². The fraction of sp³-hybridized carbons (Fsp3) is 0.733. The number of hydrogen-bond donors (Lipinski definition) is 1. The first-order valence-corrected chi connectivity index (χ1v) is 8.04. The predicted molar refractivity (Wildman–Crippen MR) is 80.4 cm³/mol. The summed E-state index contributed by atoms with van der Waals surface area (Å²) in [5.74, 6) is 1.05. The van der Waals surface area contributed by atoms with Gasteiger partial charge in [0.15, 0.2) is 0 Å². The average molecular weight is 269 g/mol. The molecule has 2 nitrogen and oxygen atoms in total. The Labute approximate surface area is 116 Å². The lowest BCUT2D eigenvalue weighted by atomic mass is 10.1. The minimum atomic E-state index is 0.610. The average Bonchev–Trinajstić information content (AvgIpc) is 2.77. The van der Waals surface area contributed by atoms with Gasteiger partial charge in [0, 0.05) is 16.2 Å². The van der Waals surface area contributed by atoms with E-state index >= 15 is 0 Å². The van der Waals surface area contributed by atoms with Crippen LogP contribution in [0.25, 0.3) is 0 Å². The normalized spacial score (nSPS) is 14.7. The van der Waals surface area contributed by atoms with Gasteiger partial charge in [0.2, 0.25) is 0 Å². The molecule has 1 aromatic heterocycles. The highest BCUT2D eigenvalue weighted by Gasteiger charge is 2.21. The van der Waals surface area contributed by atoms with Crippen molar-refractivity contribution in [3.05, 3.63) is 18.1 Å². The molecule has 104 valence electrons. The highest BCUT2D eigenvalue weighted by Crippen LogP contribution is 2.31. The largest absolute Gasteiger partial charge is 0.468 e. The summed E-state index contributed by atoms with van der Waals surface area (Å²) in [7, 11) is 0. The third kappa shape index (κ3) is 4.69. The maximum atomic E-state index is 5.39. The van der Waals surface area contributed by atoms with E-state index in [1.807, 2.05) is 18.7 Å². The molecule has 3 heteroatoms. The lowest BCUT2D eigenvalue weighted by molar-refractivity contribution is 0.454. The Balaban J connectivity index is 2.63. The quantitative estimate of drug-likeness (QED) is 0.662. The summed E-state index contributed by atoms with van der Waals surface area (Å²) in [4.78, 5) is 1.29. The minimum absolute atomic E-state index is 0.610. The number of thioether (sulfide) groups is 1. The first-order chi connectivity index (χ1) is 8.72. The van der Waals surface area contributed by atoms with Crippen LogP contribution in [-0.4, -0.2) is 17.8 Å². The summed E-state index contributed by atoms with van der Waals surface area (Å²) >= 11 is 1.96. The molecular weight excluding hydrogens is 242 g/mol. The van der Waals surface area contributed by atoms with Gasteiger partial charge < -0.3 is 9.73 Å². The van der Waals surface area contributed by atoms with Crippen LogP contribution in [0.2, 0.25) is 0 Å². The summed E-state index contributed by atoms with van der Waals surface area (Å²) in [6.45, 7) is 9.93. The predicted octanol–water partition coefficient (Wildman–Crippen LogP) is 4.63. The molecular formula is C15H27NOS. The van der Waals surface area contributed by atoms with Crippen LogP contribution in [0.1, 0.15) is 52.2 Å². The van der Waals surface area contributed by atoms with Gasteiger partial charge in [-0.15, -0.1) is 11.8 Å². The van der Waals surface area contributed by atoms with E-state index in [4.69, 9.17) is 4.42 Å². The molecule has 0 aliphatic rings. The molecule has 0 aliphatic carbocycles. The van der Waals surface area contributed by atoms with Crippen LogP contribution in [0, 0.1) is 6.92 Å². The molecule has 1 heterocycles. The van der Waals surface area contributed by atoms with Gasteiger partial charge in [-0.3, -0.25) is 0 Å². The van der Waals surface area contributed by atoms with Crippen LogP contribution in [0.5, 0.6) is 0 Å². The lowest BCUT2D eigenvalue weighted by Gasteiger charge is -2.26. The Bertz CT molecular complexity index is 324. The second kappa shape index (κ2) is 8.65. The van der Waals surface area contributed by atoms with E-state index in [9.17, 15) is 0 Å². The maximum Gasteiger partial charge on any atom is 0.114 e. The Morgan fingerprint density at radius 3 is 2.56 bits per heavy atom. The van der Waals surface area contributed by atoms with Crippen LogP contribution in [0.3, 0.4) is 0 Å². The summed E-state index contributed by atoms with van der Waals surface area (Å²) < 4.78 is 5.39. The van der Waals surface area contributed by atoms with Crippen molar-refractivity contribution in [1.29, 1.82) is 0 Å². The zero-order chi connectivity index (χ0) is 13.4. The van der Waals surface area contributed by atoms with E-state index in [1.165, 1.54) is 30.6 Å². The molecule has 1 rings (SSSR count). The number of hydrogen-bond acceptors (Lipinski definition) is 3. The molecule has 0 aromatic carbocycles. The fourth-order valence-electron chi connectivity index (χ4n) is 2.17. The minimum Gasteiger partial charge on any atom is -0.468 e. The van der Waals surface area contributed by atoms with Crippen LogP contribution in [0.4, 0.5) is 0 Å². The number of rotatable bonds is 9. The molecule has 2 unspecified atom stereocenters. The van der Waals surface area contributed by atoms with Gasteiger partial charge in [0.05, 0.1) is 6.26 Å². The van der Waals surface area contributed by atoms with Crippen molar-refractivity contribution in [1.82, 2.24) is 5.32 Å². The Morgan fingerprint density at radius 1 is 1.28 bits per heavy atom. The first-order valence-electron chi connectivity index (χ1n) is 7.17. The zero-order valence-electron chi connectivity index (χ0n) is 12.2. The Hall–Kier alpha value is -0.410. The summed E-state index contributed by atoms with van der Waals surface area (Å²) in [6.07, 6.45) is 6.67. The Morgan fingerprint density at radius 2 is 2.06 bits per heavy atom. The van der Waals surface area contributed by atoms with Crippen molar-refractivity contribution in [3.63, 3.8) is 0 Å². The molecule has 0 fully saturated rings. The van der Waals surface area contributed by atoms with Gasteiger partial charge in [-0.25, -0.2) is 0 Å². The van der Waals surface area contributed by atoms with Crippen molar-refractivity contribution in [3.8, 4) is 0 Å². The van der Waals surface area contributed by atoms with Crippen molar-refractivity contribution in [2.45, 2.75) is 69.6 Å². The van der Waals surface area contributed by atoms with Crippen molar-refractivity contribution in [2.24, 2.45) is 0 Å². The van der Waals surface area contributed by atoms with E-state index < -0.39 is 0 Å². The van der Waals surface area contributed by atoms with E-state index in [2.05, 4.69) is 32.2 Å². The molecule has 0 saturated carbocycles. The topological polar surface area (TPSA) is 25.2 Å². The summed E-state index contributed by atoms with van der Waals surface area (Å²) in [6, 6.07) is 2.70. The fourth-order valence-corrected chi connectivity index (χ4v) is 3.41. The highest BCUT2D eigenvalue weighted by molar-refractivity contribution is 8.00. The highest BCUT2D eigenvalue weighted by atomic mass is 32.2. The van der Waals surface area contributed by atoms with Crippen LogP contribution >= 0.6 is 11.8 Å². The molecule has 0 spiro atoms. The molecule has 0 aliphatic heterocycles. The second-order valence-electron chi connectivity index (χ2n) is 4.75. The number of furan rings is 1. The monoisotopic (exact) mass is 269 g/mol. The van der Waals surface area contributed by atoms with E-state index in [0.29, 0.717) is 11.3 Å². The molecule has 2 atom stereocenters. The van der Waals surface area contributed by atoms with Gasteiger partial charge >= 0.3 is 0 Å². The van der Waals surface area contributed by atoms with Crippen molar-refractivity contribution >= 4 is 11.8 Å². The van der Waals surface area contributed by atoms with Gasteiger partial charge in [0.25, 0.3) is 0 Å². The van der Waals surface area contributed by atoms with Crippen molar-refractivity contribution in [2.75, 3.05) is 6.54 Å². The third-order valence-electron chi connectivity index (χ3n) is 3.20. The van der Waals surface area contributed by atoms with Crippen LogP contribution in [-0.2, 0) is 0 Å². The third-order valence-corrected chi connectivity index (χ3v) is 4.84. The second-order valence-corrected chi connectivity index (χ2v) is 6.04. The standard InChI is InChI=1S/C15H27NOS/c1-5-8-13(16-10-6-2)14(7-3)18-15-9-11-17-12(15)4/h9,11,13-14,16H,5-8,10H2,1-4H3. The molecule has 18 heavy (non-hydrogen) atoms. The number of nitrogens with one attached hydrogen (secondary N) is 1. The SMILES string of the molecule is CCCNC(CCC)C(CC)Sc1ccoc1C. The van der Waals surface area contributed by atoms with E-state index in [0.717, 1.165) is 12.3 Å². The zero-order valence-corrected chi connectivity index (χ0v) is 13.0. The molecule has 0 bridgehead atoms. The van der Waals surface area contributed by atoms with Gasteiger partial charge in [0.1, 0.15) is 5.76 Å². The van der Waals surface area contributed by atoms with Gasteiger partial charge in [-0.1, -0.05) is 27.2 Å². The molecule has 1 N–H and O–H groups in total. The molecule has 1 aromatic rings. The molecule has 0 amide bonds. The van der Waals surface area contributed by atoms with E-state index in [-0.39, 0.29) is 0 Å². The van der Waals surface area contributed by atoms with Crippen molar-refractivity contribution < 1.29 is 4.42 Å². The molecule has 0 saturated heterocycles. The Kier molecular flexibility index (Phi) is 7.52. The van der Waals surface area contributed by atoms with Crippen LogP contribution < -0.4 is 5.32 Å².